The molecular formula is C14H23N3. The minimum atomic E-state index is 0.972. The van der Waals surface area contributed by atoms with E-state index in [1.807, 2.05) is 70.6 Å². The van der Waals surface area contributed by atoms with Crippen molar-refractivity contribution in [1.29, 1.82) is 0 Å². The van der Waals surface area contributed by atoms with Crippen molar-refractivity contribution >= 4 is 0 Å². The van der Waals surface area contributed by atoms with Gasteiger partial charge in [0.05, 0.1) is 11.4 Å². The van der Waals surface area contributed by atoms with Crippen LogP contribution in [-0.4, -0.2) is 14.8 Å². The van der Waals surface area contributed by atoms with Crippen LogP contribution in [-0.2, 0) is 7.05 Å². The average molecular weight is 233 g/mol. The lowest BCUT2D eigenvalue weighted by atomic mass is 10.2. The van der Waals surface area contributed by atoms with E-state index in [0.29, 0.717) is 0 Å². The van der Waals surface area contributed by atoms with Gasteiger partial charge in [0.1, 0.15) is 0 Å². The fourth-order valence-electron chi connectivity index (χ4n) is 1.31. The maximum absolute atomic E-state index is 4.42. The highest BCUT2D eigenvalue weighted by Crippen LogP contribution is 2.14. The molecule has 3 heteroatoms. The van der Waals surface area contributed by atoms with Gasteiger partial charge in [0.25, 0.3) is 0 Å². The van der Waals surface area contributed by atoms with Crippen molar-refractivity contribution in [2.24, 2.45) is 7.05 Å². The second-order valence-corrected chi connectivity index (χ2v) is 3.00. The first kappa shape index (κ1) is 15.4. The van der Waals surface area contributed by atoms with Gasteiger partial charge < -0.3 is 0 Å². The van der Waals surface area contributed by atoms with Gasteiger partial charge in [-0.15, -0.1) is 0 Å². The molecule has 0 atom stereocenters. The van der Waals surface area contributed by atoms with Crippen LogP contribution < -0.4 is 0 Å². The normalized spacial score (nSPS) is 8.59. The third kappa shape index (κ3) is 4.39. The summed E-state index contributed by atoms with van der Waals surface area (Å²) >= 11 is 0. The first-order chi connectivity index (χ1) is 8.27. The van der Waals surface area contributed by atoms with Crippen LogP contribution in [0.25, 0.3) is 11.4 Å². The Morgan fingerprint density at radius 1 is 1.00 bits per heavy atom. The largest absolute Gasteiger partial charge is 0.266 e. The third-order valence-electron chi connectivity index (χ3n) is 1.97. The van der Waals surface area contributed by atoms with Crippen LogP contribution >= 0.6 is 0 Å². The van der Waals surface area contributed by atoms with Crippen molar-refractivity contribution in [3.05, 3.63) is 36.2 Å². The van der Waals surface area contributed by atoms with Gasteiger partial charge >= 0.3 is 0 Å². The van der Waals surface area contributed by atoms with Crippen molar-refractivity contribution in [1.82, 2.24) is 14.8 Å². The van der Waals surface area contributed by atoms with Crippen LogP contribution in [0.4, 0.5) is 0 Å². The van der Waals surface area contributed by atoms with E-state index in [0.717, 1.165) is 17.1 Å². The summed E-state index contributed by atoms with van der Waals surface area (Å²) in [5.41, 5.74) is 3.04. The molecule has 0 saturated heterocycles. The summed E-state index contributed by atoms with van der Waals surface area (Å²) in [5, 5.41) is 4.10. The highest BCUT2D eigenvalue weighted by atomic mass is 15.3. The molecule has 94 valence electrons. The summed E-state index contributed by atoms with van der Waals surface area (Å²) < 4.78 is 1.82. The molecule has 0 amide bonds. The van der Waals surface area contributed by atoms with Gasteiger partial charge in [0.2, 0.25) is 0 Å². The number of aromatic nitrogens is 3. The first-order valence-electron chi connectivity index (χ1n) is 6.19. The molecule has 0 aliphatic rings. The fraction of sp³-hybridized carbons (Fsp3) is 0.429. The Hall–Kier alpha value is -1.64. The zero-order valence-electron chi connectivity index (χ0n) is 11.7. The highest BCUT2D eigenvalue weighted by Gasteiger charge is 2.02. The van der Waals surface area contributed by atoms with E-state index < -0.39 is 0 Å². The maximum Gasteiger partial charge on any atom is 0.0886 e. The van der Waals surface area contributed by atoms with E-state index in [1.165, 1.54) is 0 Å². The molecule has 2 rings (SSSR count). The minimum absolute atomic E-state index is 0.972. The number of nitrogens with zero attached hydrogens (tertiary/aromatic N) is 3. The van der Waals surface area contributed by atoms with Crippen LogP contribution in [0.1, 0.15) is 33.4 Å². The Morgan fingerprint density at radius 3 is 2.12 bits per heavy atom. The van der Waals surface area contributed by atoms with E-state index in [9.17, 15) is 0 Å². The smallest absolute Gasteiger partial charge is 0.0886 e. The van der Waals surface area contributed by atoms with Gasteiger partial charge in [-0.05, 0) is 25.1 Å². The van der Waals surface area contributed by atoms with E-state index in [4.69, 9.17) is 0 Å². The van der Waals surface area contributed by atoms with E-state index in [2.05, 4.69) is 10.1 Å². The van der Waals surface area contributed by atoms with Crippen molar-refractivity contribution in [2.45, 2.75) is 34.6 Å². The topological polar surface area (TPSA) is 30.7 Å². The van der Waals surface area contributed by atoms with Crippen LogP contribution in [0.15, 0.2) is 30.5 Å². The van der Waals surface area contributed by atoms with Crippen LogP contribution in [0.3, 0.4) is 0 Å². The highest BCUT2D eigenvalue weighted by molar-refractivity contribution is 5.53. The van der Waals surface area contributed by atoms with Gasteiger partial charge in [0, 0.05) is 18.9 Å². The molecule has 0 saturated carbocycles. The van der Waals surface area contributed by atoms with E-state index in [1.54, 1.807) is 6.20 Å². The van der Waals surface area contributed by atoms with E-state index in [-0.39, 0.29) is 0 Å². The predicted octanol–water partition coefficient (Wildman–Crippen LogP) is 3.84. The zero-order chi connectivity index (χ0) is 13.3. The molecule has 0 bridgehead atoms. The van der Waals surface area contributed by atoms with Gasteiger partial charge in [0.15, 0.2) is 0 Å². The summed E-state index contributed by atoms with van der Waals surface area (Å²) in [7, 11) is 1.92. The van der Waals surface area contributed by atoms with Gasteiger partial charge in [-0.1, -0.05) is 33.8 Å². The number of pyridine rings is 1. The lowest BCUT2D eigenvalue weighted by Gasteiger charge is -2.01. The Kier molecular flexibility index (Phi) is 7.68. The molecule has 2 aromatic heterocycles. The first-order valence-corrected chi connectivity index (χ1v) is 6.19. The standard InChI is InChI=1S/C10H11N3.2C2H6/c1-8-4-3-5-9(12-8)10-6-7-11-13(10)2;2*1-2/h3-7H,1-2H3;2*1-2H3. The molecular weight excluding hydrogens is 210 g/mol. The minimum Gasteiger partial charge on any atom is -0.266 e. The van der Waals surface area contributed by atoms with Gasteiger partial charge in [-0.2, -0.15) is 5.10 Å². The van der Waals surface area contributed by atoms with Crippen molar-refractivity contribution in [3.63, 3.8) is 0 Å². The van der Waals surface area contributed by atoms with E-state index >= 15 is 0 Å². The number of rotatable bonds is 1. The molecule has 0 unspecified atom stereocenters. The zero-order valence-corrected chi connectivity index (χ0v) is 11.7. The van der Waals surface area contributed by atoms with Crippen molar-refractivity contribution in [2.75, 3.05) is 0 Å². The summed E-state index contributed by atoms with van der Waals surface area (Å²) in [6.45, 7) is 9.99. The molecule has 2 aromatic rings. The molecule has 0 radical (unpaired) electrons. The SMILES string of the molecule is CC.CC.Cc1cccc(-c2ccnn2C)n1. The third-order valence-corrected chi connectivity index (χ3v) is 1.97. The summed E-state index contributed by atoms with van der Waals surface area (Å²) in [6.07, 6.45) is 1.78. The molecule has 0 N–H and O–H groups in total. The Labute approximate surface area is 105 Å². The summed E-state index contributed by atoms with van der Waals surface area (Å²) in [5.74, 6) is 0. The molecule has 0 aromatic carbocycles. The van der Waals surface area contributed by atoms with Crippen LogP contribution in [0.2, 0.25) is 0 Å². The monoisotopic (exact) mass is 233 g/mol. The number of hydrogen-bond donors (Lipinski definition) is 0. The Morgan fingerprint density at radius 2 is 1.65 bits per heavy atom. The summed E-state index contributed by atoms with van der Waals surface area (Å²) in [4.78, 5) is 4.42. The molecule has 0 fully saturated rings. The van der Waals surface area contributed by atoms with Gasteiger partial charge in [-0.25, -0.2) is 0 Å². The van der Waals surface area contributed by atoms with Crippen LogP contribution in [0.5, 0.6) is 0 Å². The van der Waals surface area contributed by atoms with Crippen LogP contribution in [0, 0.1) is 6.92 Å². The lowest BCUT2D eigenvalue weighted by Crippen LogP contribution is -1.95. The molecule has 0 spiro atoms. The molecule has 2 heterocycles. The molecule has 0 aliphatic carbocycles. The van der Waals surface area contributed by atoms with Crippen molar-refractivity contribution < 1.29 is 0 Å². The average Bonchev–Trinajstić information content (AvgIpc) is 2.81. The quantitative estimate of drug-likeness (QED) is 0.749. The van der Waals surface area contributed by atoms with Crippen molar-refractivity contribution in [3.8, 4) is 11.4 Å². The fourth-order valence-corrected chi connectivity index (χ4v) is 1.31. The molecule has 3 nitrogen and oxygen atoms in total. The number of aryl methyl sites for hydroxylation is 2. The Bertz CT molecular complexity index is 419. The maximum atomic E-state index is 4.42. The Balaban J connectivity index is 0.000000581. The molecule has 0 aliphatic heterocycles. The molecule has 17 heavy (non-hydrogen) atoms. The second-order valence-electron chi connectivity index (χ2n) is 3.00. The summed E-state index contributed by atoms with van der Waals surface area (Å²) in [6, 6.07) is 7.94. The second kappa shape index (κ2) is 8.50. The predicted molar refractivity (Wildman–Crippen MR) is 73.9 cm³/mol. The lowest BCUT2D eigenvalue weighted by molar-refractivity contribution is 0.773. The number of hydrogen-bond acceptors (Lipinski definition) is 2. The van der Waals surface area contributed by atoms with Gasteiger partial charge in [-0.3, -0.25) is 9.67 Å².